The number of benzene rings is 1. The van der Waals surface area contributed by atoms with Crippen molar-refractivity contribution in [2.45, 2.75) is 6.54 Å². The molecule has 20 heavy (non-hydrogen) atoms. The summed E-state index contributed by atoms with van der Waals surface area (Å²) in [6.45, 7) is 0.180. The molecule has 5 nitrogen and oxygen atoms in total. The van der Waals surface area contributed by atoms with Crippen molar-refractivity contribution in [1.82, 2.24) is 14.8 Å². The maximum absolute atomic E-state index is 12.0. The van der Waals surface area contributed by atoms with Crippen LogP contribution in [0.4, 0.5) is 5.69 Å². The lowest BCUT2D eigenvalue weighted by Crippen LogP contribution is -2.19. The standard InChI is InChI=1S/C14H11BrN4O/c15-11-7-10-3-1-4-12(14(10)16-8-11)18-13(20)9-19-6-2-5-17-19/h1-8H,9H2,(H,18,20). The van der Waals surface area contributed by atoms with Crippen molar-refractivity contribution >= 4 is 38.4 Å². The zero-order valence-electron chi connectivity index (χ0n) is 10.5. The van der Waals surface area contributed by atoms with Gasteiger partial charge in [-0.3, -0.25) is 14.5 Å². The fourth-order valence-electron chi connectivity index (χ4n) is 1.97. The molecule has 3 rings (SSSR count). The summed E-state index contributed by atoms with van der Waals surface area (Å²) in [6.07, 6.45) is 5.10. The Morgan fingerprint density at radius 1 is 1.35 bits per heavy atom. The summed E-state index contributed by atoms with van der Waals surface area (Å²) >= 11 is 3.39. The molecule has 2 heterocycles. The smallest absolute Gasteiger partial charge is 0.246 e. The molecule has 3 aromatic rings. The maximum atomic E-state index is 12.0. The number of aromatic nitrogens is 3. The van der Waals surface area contributed by atoms with Gasteiger partial charge in [-0.05, 0) is 34.1 Å². The molecule has 0 aliphatic carbocycles. The molecule has 0 radical (unpaired) electrons. The monoisotopic (exact) mass is 330 g/mol. The quantitative estimate of drug-likeness (QED) is 0.803. The van der Waals surface area contributed by atoms with Gasteiger partial charge in [0.05, 0.1) is 11.2 Å². The van der Waals surface area contributed by atoms with Gasteiger partial charge in [-0.2, -0.15) is 5.10 Å². The average molecular weight is 331 g/mol. The van der Waals surface area contributed by atoms with Crippen LogP contribution in [0.15, 0.2) is 53.4 Å². The Labute approximate surface area is 123 Å². The lowest BCUT2D eigenvalue weighted by atomic mass is 10.2. The van der Waals surface area contributed by atoms with Crippen molar-refractivity contribution in [2.24, 2.45) is 0 Å². The highest BCUT2D eigenvalue weighted by atomic mass is 79.9. The highest BCUT2D eigenvalue weighted by Gasteiger charge is 2.07. The molecular formula is C14H11BrN4O. The lowest BCUT2D eigenvalue weighted by Gasteiger charge is -2.08. The number of carbonyl (C=O) groups excluding carboxylic acids is 1. The number of hydrogen-bond acceptors (Lipinski definition) is 3. The predicted octanol–water partition coefficient (Wildman–Crippen LogP) is 2.83. The topological polar surface area (TPSA) is 59.8 Å². The van der Waals surface area contributed by atoms with Crippen LogP contribution in [-0.2, 0) is 11.3 Å². The van der Waals surface area contributed by atoms with Crippen molar-refractivity contribution in [2.75, 3.05) is 5.32 Å². The first-order valence-electron chi connectivity index (χ1n) is 6.04. The largest absolute Gasteiger partial charge is 0.323 e. The molecule has 0 saturated heterocycles. The Morgan fingerprint density at radius 3 is 3.05 bits per heavy atom. The van der Waals surface area contributed by atoms with Crippen LogP contribution in [0.5, 0.6) is 0 Å². The van der Waals surface area contributed by atoms with Crippen molar-refractivity contribution in [3.8, 4) is 0 Å². The molecule has 6 heteroatoms. The van der Waals surface area contributed by atoms with Crippen LogP contribution >= 0.6 is 15.9 Å². The molecule has 0 saturated carbocycles. The molecule has 0 aliphatic rings. The van der Waals surface area contributed by atoms with Gasteiger partial charge in [-0.15, -0.1) is 0 Å². The molecule has 0 aliphatic heterocycles. The molecule has 2 aromatic heterocycles. The zero-order chi connectivity index (χ0) is 13.9. The fraction of sp³-hybridized carbons (Fsp3) is 0.0714. The molecule has 1 amide bonds. The summed E-state index contributed by atoms with van der Waals surface area (Å²) in [5.74, 6) is -0.133. The number of rotatable bonds is 3. The number of carbonyl (C=O) groups is 1. The van der Waals surface area contributed by atoms with Gasteiger partial charge in [-0.25, -0.2) is 0 Å². The molecule has 0 bridgehead atoms. The van der Waals surface area contributed by atoms with Crippen LogP contribution in [-0.4, -0.2) is 20.7 Å². The number of fused-ring (bicyclic) bond motifs is 1. The first-order chi connectivity index (χ1) is 9.72. The molecule has 0 spiro atoms. The van der Waals surface area contributed by atoms with E-state index in [9.17, 15) is 4.79 Å². The number of para-hydroxylation sites is 1. The van der Waals surface area contributed by atoms with Crippen LogP contribution in [0.25, 0.3) is 10.9 Å². The van der Waals surface area contributed by atoms with E-state index in [-0.39, 0.29) is 12.5 Å². The molecule has 1 N–H and O–H groups in total. The molecule has 100 valence electrons. The van der Waals surface area contributed by atoms with Gasteiger partial charge < -0.3 is 5.32 Å². The number of nitrogens with zero attached hydrogens (tertiary/aromatic N) is 3. The van der Waals surface area contributed by atoms with Crippen molar-refractivity contribution in [3.63, 3.8) is 0 Å². The van der Waals surface area contributed by atoms with Gasteiger partial charge in [0, 0.05) is 28.4 Å². The van der Waals surface area contributed by atoms with Crippen LogP contribution in [0, 0.1) is 0 Å². The summed E-state index contributed by atoms with van der Waals surface area (Å²) in [6, 6.07) is 9.43. The van der Waals surface area contributed by atoms with Crippen molar-refractivity contribution in [3.05, 3.63) is 53.4 Å². The van der Waals surface area contributed by atoms with E-state index in [4.69, 9.17) is 0 Å². The summed E-state index contributed by atoms with van der Waals surface area (Å²) < 4.78 is 2.48. The van der Waals surface area contributed by atoms with E-state index in [1.54, 1.807) is 29.3 Å². The molecular weight excluding hydrogens is 320 g/mol. The minimum absolute atomic E-state index is 0.133. The maximum Gasteiger partial charge on any atom is 0.246 e. The number of nitrogens with one attached hydrogen (secondary N) is 1. The SMILES string of the molecule is O=C(Cn1cccn1)Nc1cccc2cc(Br)cnc12. The average Bonchev–Trinajstić information content (AvgIpc) is 2.91. The van der Waals surface area contributed by atoms with E-state index in [1.807, 2.05) is 24.3 Å². The Kier molecular flexibility index (Phi) is 3.47. The summed E-state index contributed by atoms with van der Waals surface area (Å²) in [5.41, 5.74) is 1.47. The van der Waals surface area contributed by atoms with E-state index in [0.29, 0.717) is 5.69 Å². The van der Waals surface area contributed by atoms with Crippen LogP contribution < -0.4 is 5.32 Å². The third-order valence-electron chi connectivity index (χ3n) is 2.82. The number of pyridine rings is 1. The van der Waals surface area contributed by atoms with E-state index in [2.05, 4.69) is 31.3 Å². The summed E-state index contributed by atoms with van der Waals surface area (Å²) in [5, 5.41) is 7.84. The van der Waals surface area contributed by atoms with Crippen molar-refractivity contribution < 1.29 is 4.79 Å². The Hall–Kier alpha value is -2.21. The molecule has 1 aromatic carbocycles. The van der Waals surface area contributed by atoms with Gasteiger partial charge in [0.2, 0.25) is 5.91 Å². The van der Waals surface area contributed by atoms with Gasteiger partial charge in [0.15, 0.2) is 0 Å². The van der Waals surface area contributed by atoms with Gasteiger partial charge in [0.1, 0.15) is 6.54 Å². The van der Waals surface area contributed by atoms with Crippen molar-refractivity contribution in [1.29, 1.82) is 0 Å². The van der Waals surface area contributed by atoms with Crippen LogP contribution in [0.2, 0.25) is 0 Å². The van der Waals surface area contributed by atoms with E-state index < -0.39 is 0 Å². The second-order valence-corrected chi connectivity index (χ2v) is 5.20. The third kappa shape index (κ3) is 2.70. The highest BCUT2D eigenvalue weighted by Crippen LogP contribution is 2.23. The third-order valence-corrected chi connectivity index (χ3v) is 3.25. The fourth-order valence-corrected chi connectivity index (χ4v) is 2.31. The number of amides is 1. The van der Waals surface area contributed by atoms with Gasteiger partial charge in [-0.1, -0.05) is 12.1 Å². The number of anilines is 1. The summed E-state index contributed by atoms with van der Waals surface area (Å²) in [7, 11) is 0. The predicted molar refractivity (Wildman–Crippen MR) is 80.3 cm³/mol. The van der Waals surface area contributed by atoms with Crippen LogP contribution in [0.1, 0.15) is 0 Å². The lowest BCUT2D eigenvalue weighted by molar-refractivity contribution is -0.116. The number of halogens is 1. The minimum Gasteiger partial charge on any atom is -0.323 e. The second-order valence-electron chi connectivity index (χ2n) is 4.28. The van der Waals surface area contributed by atoms with Crippen LogP contribution in [0.3, 0.4) is 0 Å². The molecule has 0 fully saturated rings. The normalized spacial score (nSPS) is 10.7. The zero-order valence-corrected chi connectivity index (χ0v) is 12.0. The van der Waals surface area contributed by atoms with E-state index >= 15 is 0 Å². The summed E-state index contributed by atoms with van der Waals surface area (Å²) in [4.78, 5) is 16.3. The Bertz CT molecular complexity index is 755. The number of hydrogen-bond donors (Lipinski definition) is 1. The van der Waals surface area contributed by atoms with Gasteiger partial charge >= 0.3 is 0 Å². The van der Waals surface area contributed by atoms with E-state index in [1.165, 1.54) is 0 Å². The first kappa shape index (κ1) is 12.8. The minimum atomic E-state index is -0.133. The second kappa shape index (κ2) is 5.42. The van der Waals surface area contributed by atoms with Gasteiger partial charge in [0.25, 0.3) is 0 Å². The Morgan fingerprint density at radius 2 is 2.25 bits per heavy atom. The highest BCUT2D eigenvalue weighted by molar-refractivity contribution is 9.10. The van der Waals surface area contributed by atoms with E-state index in [0.717, 1.165) is 15.4 Å². The molecule has 0 unspecified atom stereocenters. The molecule has 0 atom stereocenters. The first-order valence-corrected chi connectivity index (χ1v) is 6.83. The Balaban J connectivity index is 1.85.